The van der Waals surface area contributed by atoms with Crippen LogP contribution in [0.2, 0.25) is 0 Å². The molecule has 0 aliphatic heterocycles. The van der Waals surface area contributed by atoms with Gasteiger partial charge in [-0.2, -0.15) is 0 Å². The molecule has 0 bridgehead atoms. The summed E-state index contributed by atoms with van der Waals surface area (Å²) in [4.78, 5) is 15.9. The molecule has 1 heterocycles. The molecule has 0 atom stereocenters. The average Bonchev–Trinajstić information content (AvgIpc) is 2.65. The molecule has 0 amide bonds. The van der Waals surface area contributed by atoms with E-state index in [2.05, 4.69) is 24.7 Å². The van der Waals surface area contributed by atoms with Crippen molar-refractivity contribution in [3.63, 3.8) is 0 Å². The zero-order chi connectivity index (χ0) is 14.4. The minimum Gasteiger partial charge on any atom is -0.456 e. The zero-order valence-corrected chi connectivity index (χ0v) is 11.6. The molecule has 1 aromatic heterocycles. The van der Waals surface area contributed by atoms with E-state index in [4.69, 9.17) is 4.74 Å². The second kappa shape index (κ2) is 6.73. The Labute approximate surface area is 114 Å². The number of hydrogen-bond donors (Lipinski definition) is 0. The van der Waals surface area contributed by atoms with Crippen molar-refractivity contribution < 1.29 is 9.53 Å². The molecular formula is C15H20N2O2. The predicted molar refractivity (Wildman–Crippen MR) is 75.6 cm³/mol. The van der Waals surface area contributed by atoms with Crippen molar-refractivity contribution >= 4 is 5.97 Å². The van der Waals surface area contributed by atoms with Gasteiger partial charge in [0.05, 0.1) is 5.69 Å². The molecule has 1 rings (SSSR count). The average molecular weight is 260 g/mol. The number of nitrogens with zero attached hydrogens (tertiary/aromatic N) is 2. The number of aromatic nitrogens is 2. The Morgan fingerprint density at radius 3 is 2.53 bits per heavy atom. The molecule has 0 aromatic carbocycles. The van der Waals surface area contributed by atoms with Gasteiger partial charge in [0.2, 0.25) is 0 Å². The zero-order valence-electron chi connectivity index (χ0n) is 11.6. The molecule has 0 aliphatic rings. The van der Waals surface area contributed by atoms with Gasteiger partial charge >= 0.3 is 5.97 Å². The monoisotopic (exact) mass is 260 g/mol. The Bertz CT molecular complexity index is 512. The Morgan fingerprint density at radius 1 is 1.37 bits per heavy atom. The smallest absolute Gasteiger partial charge is 0.333 e. The third kappa shape index (κ3) is 3.68. The highest BCUT2D eigenvalue weighted by atomic mass is 16.5. The fourth-order valence-corrected chi connectivity index (χ4v) is 1.72. The third-order valence-electron chi connectivity index (χ3n) is 2.74. The molecule has 0 saturated heterocycles. The Balaban J connectivity index is 2.94. The highest BCUT2D eigenvalue weighted by molar-refractivity contribution is 5.86. The fourth-order valence-electron chi connectivity index (χ4n) is 1.72. The molecule has 1 aromatic rings. The topological polar surface area (TPSA) is 44.1 Å². The Kier molecular flexibility index (Phi) is 5.30. The van der Waals surface area contributed by atoms with Gasteiger partial charge in [-0.3, -0.25) is 0 Å². The Hall–Kier alpha value is -2.10. The van der Waals surface area contributed by atoms with E-state index in [1.807, 2.05) is 11.6 Å². The van der Waals surface area contributed by atoms with Gasteiger partial charge in [-0.15, -0.1) is 13.2 Å². The van der Waals surface area contributed by atoms with Crippen LogP contribution in [0.1, 0.15) is 24.1 Å². The minimum atomic E-state index is -0.402. The van der Waals surface area contributed by atoms with E-state index in [9.17, 15) is 4.79 Å². The lowest BCUT2D eigenvalue weighted by molar-refractivity contribution is -0.140. The van der Waals surface area contributed by atoms with Crippen LogP contribution in [0.25, 0.3) is 0 Å². The van der Waals surface area contributed by atoms with E-state index in [-0.39, 0.29) is 6.61 Å². The fraction of sp³-hybridized carbons (Fsp3) is 0.333. The summed E-state index contributed by atoms with van der Waals surface area (Å²) in [5.41, 5.74) is 2.14. The van der Waals surface area contributed by atoms with Crippen LogP contribution in [-0.4, -0.2) is 15.5 Å². The van der Waals surface area contributed by atoms with Gasteiger partial charge in [0.1, 0.15) is 12.4 Å². The van der Waals surface area contributed by atoms with E-state index in [1.54, 1.807) is 19.1 Å². The van der Waals surface area contributed by atoms with Crippen LogP contribution < -0.4 is 0 Å². The number of rotatable bonds is 7. The first-order valence-corrected chi connectivity index (χ1v) is 6.09. The maximum Gasteiger partial charge on any atom is 0.333 e. The van der Waals surface area contributed by atoms with Crippen LogP contribution in [0.5, 0.6) is 0 Å². The van der Waals surface area contributed by atoms with Crippen molar-refractivity contribution in [1.82, 2.24) is 9.55 Å². The molecule has 4 nitrogen and oxygen atoms in total. The van der Waals surface area contributed by atoms with Gasteiger partial charge in [0, 0.05) is 31.2 Å². The molecule has 0 unspecified atom stereocenters. The van der Waals surface area contributed by atoms with Crippen molar-refractivity contribution in [3.8, 4) is 0 Å². The summed E-state index contributed by atoms with van der Waals surface area (Å²) in [6.45, 7) is 12.8. The largest absolute Gasteiger partial charge is 0.456 e. The van der Waals surface area contributed by atoms with Crippen molar-refractivity contribution in [3.05, 3.63) is 54.7 Å². The van der Waals surface area contributed by atoms with Crippen molar-refractivity contribution in [2.24, 2.45) is 7.05 Å². The summed E-state index contributed by atoms with van der Waals surface area (Å²) in [7, 11) is 1.94. The van der Waals surface area contributed by atoms with Crippen LogP contribution in [0, 0.1) is 0 Å². The highest BCUT2D eigenvalue weighted by Crippen LogP contribution is 2.14. The second-order valence-electron chi connectivity index (χ2n) is 4.32. The lowest BCUT2D eigenvalue weighted by atomic mass is 10.2. The third-order valence-corrected chi connectivity index (χ3v) is 2.74. The summed E-state index contributed by atoms with van der Waals surface area (Å²) in [5.74, 6) is 0.494. The molecule has 0 spiro atoms. The summed E-state index contributed by atoms with van der Waals surface area (Å²) >= 11 is 0. The van der Waals surface area contributed by atoms with Crippen LogP contribution in [0.3, 0.4) is 0 Å². The van der Waals surface area contributed by atoms with Crippen molar-refractivity contribution in [2.45, 2.75) is 26.4 Å². The van der Waals surface area contributed by atoms with Gasteiger partial charge in [-0.25, -0.2) is 9.78 Å². The maximum atomic E-state index is 11.4. The number of imidazole rings is 1. The van der Waals surface area contributed by atoms with Gasteiger partial charge < -0.3 is 9.30 Å². The molecular weight excluding hydrogens is 240 g/mol. The standard InChI is InChI=1S/C15H20N2O2/c1-6-8-13-12(10-19-15(18)11(3)4)16-14(9-7-2)17(13)5/h6-7H,1-3,8-10H2,4-5H3. The van der Waals surface area contributed by atoms with Crippen LogP contribution >= 0.6 is 0 Å². The van der Waals surface area contributed by atoms with Gasteiger partial charge in [0.15, 0.2) is 0 Å². The van der Waals surface area contributed by atoms with Gasteiger partial charge in [-0.05, 0) is 6.92 Å². The van der Waals surface area contributed by atoms with Gasteiger partial charge in [-0.1, -0.05) is 18.7 Å². The highest BCUT2D eigenvalue weighted by Gasteiger charge is 2.14. The lowest BCUT2D eigenvalue weighted by Gasteiger charge is -2.05. The number of esters is 1. The first-order chi connectivity index (χ1) is 9.01. The molecule has 0 saturated carbocycles. The molecule has 0 aliphatic carbocycles. The molecule has 4 heteroatoms. The van der Waals surface area contributed by atoms with E-state index in [0.717, 1.165) is 17.2 Å². The molecule has 0 fully saturated rings. The van der Waals surface area contributed by atoms with Crippen LogP contribution in [-0.2, 0) is 36.0 Å². The summed E-state index contributed by atoms with van der Waals surface area (Å²) in [6, 6.07) is 0. The summed E-state index contributed by atoms with van der Waals surface area (Å²) in [6.07, 6.45) is 4.96. The van der Waals surface area contributed by atoms with Crippen molar-refractivity contribution in [1.29, 1.82) is 0 Å². The SMILES string of the molecule is C=CCc1nc(COC(=O)C(=C)C)c(CC=C)n1C. The predicted octanol–water partition coefficient (Wildman–Crippen LogP) is 2.50. The first-order valence-electron chi connectivity index (χ1n) is 6.09. The van der Waals surface area contributed by atoms with Crippen LogP contribution in [0.4, 0.5) is 0 Å². The maximum absolute atomic E-state index is 11.4. The first kappa shape index (κ1) is 15.0. The van der Waals surface area contributed by atoms with Crippen molar-refractivity contribution in [2.75, 3.05) is 0 Å². The second-order valence-corrected chi connectivity index (χ2v) is 4.32. The molecule has 19 heavy (non-hydrogen) atoms. The Morgan fingerprint density at radius 2 is 2.00 bits per heavy atom. The summed E-state index contributed by atoms with van der Waals surface area (Å²) in [5, 5.41) is 0. The van der Waals surface area contributed by atoms with E-state index >= 15 is 0 Å². The number of allylic oxidation sites excluding steroid dienone is 2. The van der Waals surface area contributed by atoms with Gasteiger partial charge in [0.25, 0.3) is 0 Å². The minimum absolute atomic E-state index is 0.153. The quantitative estimate of drug-likeness (QED) is 0.430. The normalized spacial score (nSPS) is 10.0. The van der Waals surface area contributed by atoms with E-state index in [1.165, 1.54) is 0 Å². The summed E-state index contributed by atoms with van der Waals surface area (Å²) < 4.78 is 7.14. The lowest BCUT2D eigenvalue weighted by Crippen LogP contribution is -2.07. The van der Waals surface area contributed by atoms with E-state index < -0.39 is 5.97 Å². The molecule has 102 valence electrons. The number of carbonyl (C=O) groups excluding carboxylic acids is 1. The number of carbonyl (C=O) groups is 1. The number of ether oxygens (including phenoxy) is 1. The van der Waals surface area contributed by atoms with Crippen LogP contribution in [0.15, 0.2) is 37.5 Å². The molecule has 0 radical (unpaired) electrons. The van der Waals surface area contributed by atoms with E-state index in [0.29, 0.717) is 18.4 Å². The molecule has 0 N–H and O–H groups in total. The number of hydrogen-bond acceptors (Lipinski definition) is 3.